The van der Waals surface area contributed by atoms with Gasteiger partial charge in [-0.15, -0.1) is 0 Å². The van der Waals surface area contributed by atoms with Gasteiger partial charge in [0.1, 0.15) is 11.3 Å². The zero-order chi connectivity index (χ0) is 22.9. The molecule has 1 aliphatic carbocycles. The fraction of sp³-hybridized carbons (Fsp3) is 0.320. The zero-order valence-corrected chi connectivity index (χ0v) is 18.1. The predicted octanol–water partition coefficient (Wildman–Crippen LogP) is 4.61. The van der Waals surface area contributed by atoms with Gasteiger partial charge < -0.3 is 18.6 Å². The minimum absolute atomic E-state index is 0.317. The molecule has 2 aromatic rings. The van der Waals surface area contributed by atoms with E-state index in [1.165, 1.54) is 12.1 Å². The summed E-state index contributed by atoms with van der Waals surface area (Å²) in [6.07, 6.45) is 7.13. The number of allylic oxidation sites excluding steroid dienone is 3. The lowest BCUT2D eigenvalue weighted by atomic mass is 10.0. The van der Waals surface area contributed by atoms with Crippen LogP contribution in [0.3, 0.4) is 0 Å². The zero-order valence-electron chi connectivity index (χ0n) is 18.1. The highest BCUT2D eigenvalue weighted by Crippen LogP contribution is 2.24. The number of rotatable bonds is 10. The molecule has 1 aliphatic rings. The van der Waals surface area contributed by atoms with E-state index in [1.54, 1.807) is 37.3 Å². The van der Waals surface area contributed by atoms with Crippen molar-refractivity contribution in [2.45, 2.75) is 39.0 Å². The van der Waals surface area contributed by atoms with Gasteiger partial charge in [0.2, 0.25) is 0 Å². The Bertz CT molecular complexity index is 1120. The molecule has 0 saturated carbocycles. The Balaban J connectivity index is 1.41. The minimum Gasteiger partial charge on any atom is -0.498 e. The van der Waals surface area contributed by atoms with E-state index in [0.717, 1.165) is 30.4 Å². The van der Waals surface area contributed by atoms with Crippen LogP contribution < -0.4 is 10.4 Å². The SMILES string of the molecule is C=C(C)C(=O)OCCCCCOC1=CC=C(C(=O)Oc2ccc3ccc(=O)oc3c2)CC1. The second kappa shape index (κ2) is 11.1. The van der Waals surface area contributed by atoms with E-state index < -0.39 is 11.6 Å². The molecule has 1 heterocycles. The smallest absolute Gasteiger partial charge is 0.339 e. The van der Waals surface area contributed by atoms with Crippen LogP contribution in [0.15, 0.2) is 75.2 Å². The molecule has 3 rings (SSSR count). The van der Waals surface area contributed by atoms with Crippen molar-refractivity contribution in [3.63, 3.8) is 0 Å². The van der Waals surface area contributed by atoms with Gasteiger partial charge in [-0.1, -0.05) is 6.58 Å². The van der Waals surface area contributed by atoms with Gasteiger partial charge in [0.05, 0.1) is 19.0 Å². The fourth-order valence-electron chi connectivity index (χ4n) is 3.06. The van der Waals surface area contributed by atoms with Gasteiger partial charge in [0.25, 0.3) is 0 Å². The molecule has 7 heteroatoms. The number of carbonyl (C=O) groups excluding carboxylic acids is 2. The highest BCUT2D eigenvalue weighted by molar-refractivity contribution is 5.91. The van der Waals surface area contributed by atoms with Crippen LogP contribution in [0, 0.1) is 0 Å². The summed E-state index contributed by atoms with van der Waals surface area (Å²) >= 11 is 0. The second-order valence-electron chi connectivity index (χ2n) is 7.49. The lowest BCUT2D eigenvalue weighted by Crippen LogP contribution is -2.13. The molecule has 0 atom stereocenters. The quantitative estimate of drug-likeness (QED) is 0.176. The highest BCUT2D eigenvalue weighted by Gasteiger charge is 2.16. The number of fused-ring (bicyclic) bond motifs is 1. The Labute approximate surface area is 186 Å². The van der Waals surface area contributed by atoms with Crippen molar-refractivity contribution in [1.82, 2.24) is 0 Å². The monoisotopic (exact) mass is 438 g/mol. The molecule has 168 valence electrons. The number of ether oxygens (including phenoxy) is 3. The lowest BCUT2D eigenvalue weighted by molar-refractivity contribution is -0.139. The normalized spacial score (nSPS) is 13.2. The van der Waals surface area contributed by atoms with E-state index in [1.807, 2.05) is 0 Å². The van der Waals surface area contributed by atoms with E-state index in [9.17, 15) is 14.4 Å². The van der Waals surface area contributed by atoms with Crippen molar-refractivity contribution in [3.8, 4) is 5.75 Å². The summed E-state index contributed by atoms with van der Waals surface area (Å²) in [4.78, 5) is 35.1. The van der Waals surface area contributed by atoms with Crippen LogP contribution in [-0.2, 0) is 19.1 Å². The molecule has 0 fully saturated rings. The molecule has 0 radical (unpaired) electrons. The Hall–Kier alpha value is -3.61. The molecule has 0 spiro atoms. The number of carbonyl (C=O) groups is 2. The summed E-state index contributed by atoms with van der Waals surface area (Å²) in [5, 5.41) is 0.749. The lowest BCUT2D eigenvalue weighted by Gasteiger charge is -2.15. The molecule has 0 unspecified atom stereocenters. The molecular weight excluding hydrogens is 412 g/mol. The van der Waals surface area contributed by atoms with Crippen molar-refractivity contribution in [2.75, 3.05) is 13.2 Å². The van der Waals surface area contributed by atoms with Crippen LogP contribution >= 0.6 is 0 Å². The van der Waals surface area contributed by atoms with Crippen LogP contribution in [0.2, 0.25) is 0 Å². The fourth-order valence-corrected chi connectivity index (χ4v) is 3.06. The van der Waals surface area contributed by atoms with Crippen molar-refractivity contribution in [2.24, 2.45) is 0 Å². The predicted molar refractivity (Wildman–Crippen MR) is 119 cm³/mol. The average Bonchev–Trinajstić information content (AvgIpc) is 2.78. The van der Waals surface area contributed by atoms with Crippen LogP contribution in [0.1, 0.15) is 39.0 Å². The Kier molecular flexibility index (Phi) is 8.02. The summed E-state index contributed by atoms with van der Waals surface area (Å²) in [7, 11) is 0. The summed E-state index contributed by atoms with van der Waals surface area (Å²) < 4.78 is 21.3. The van der Waals surface area contributed by atoms with Crippen LogP contribution in [-0.4, -0.2) is 25.2 Å². The third-order valence-corrected chi connectivity index (χ3v) is 4.84. The minimum atomic E-state index is -0.458. The van der Waals surface area contributed by atoms with E-state index >= 15 is 0 Å². The van der Waals surface area contributed by atoms with E-state index in [-0.39, 0.29) is 5.97 Å². The van der Waals surface area contributed by atoms with Crippen LogP contribution in [0.5, 0.6) is 5.75 Å². The van der Waals surface area contributed by atoms with Gasteiger partial charge >= 0.3 is 17.6 Å². The first-order valence-electron chi connectivity index (χ1n) is 10.5. The maximum Gasteiger partial charge on any atom is 0.339 e. The third kappa shape index (κ3) is 6.70. The molecule has 1 aromatic carbocycles. The molecular formula is C25H26O7. The second-order valence-corrected chi connectivity index (χ2v) is 7.49. The van der Waals surface area contributed by atoms with Crippen molar-refractivity contribution >= 4 is 22.9 Å². The summed E-state index contributed by atoms with van der Waals surface area (Å²) in [5.41, 5.74) is 0.857. The standard InChI is InChI=1S/C25H26O7/c1-17(2)24(27)30-15-5-3-4-14-29-20-10-7-19(8-11-20)25(28)31-21-12-6-18-9-13-23(26)32-22(18)16-21/h6-7,9-10,12-13,16H,1,3-5,8,11,14-15H2,2H3. The molecule has 0 saturated heterocycles. The molecule has 1 aromatic heterocycles. The van der Waals surface area contributed by atoms with Gasteiger partial charge in [-0.25, -0.2) is 14.4 Å². The van der Waals surface area contributed by atoms with Gasteiger partial charge in [-0.05, 0) is 63.0 Å². The van der Waals surface area contributed by atoms with Crippen molar-refractivity contribution < 1.29 is 28.2 Å². The maximum absolute atomic E-state index is 12.4. The average molecular weight is 438 g/mol. The van der Waals surface area contributed by atoms with Crippen LogP contribution in [0.25, 0.3) is 11.0 Å². The topological polar surface area (TPSA) is 92.0 Å². The summed E-state index contributed by atoms with van der Waals surface area (Å²) in [6, 6.07) is 7.91. The Morgan fingerprint density at radius 3 is 2.56 bits per heavy atom. The Morgan fingerprint density at radius 2 is 1.81 bits per heavy atom. The Morgan fingerprint density at radius 1 is 1.03 bits per heavy atom. The number of hydrogen-bond acceptors (Lipinski definition) is 7. The number of benzene rings is 1. The largest absolute Gasteiger partial charge is 0.498 e. The van der Waals surface area contributed by atoms with E-state index in [4.69, 9.17) is 18.6 Å². The van der Waals surface area contributed by atoms with Crippen molar-refractivity contribution in [3.05, 3.63) is 76.4 Å². The van der Waals surface area contributed by atoms with Crippen molar-refractivity contribution in [1.29, 1.82) is 0 Å². The maximum atomic E-state index is 12.4. The molecule has 32 heavy (non-hydrogen) atoms. The molecule has 0 bridgehead atoms. The molecule has 0 amide bonds. The summed E-state index contributed by atoms with van der Waals surface area (Å²) in [6.45, 7) is 6.11. The number of esters is 2. The van der Waals surface area contributed by atoms with E-state index in [2.05, 4.69) is 6.58 Å². The molecule has 0 N–H and O–H groups in total. The summed E-state index contributed by atoms with van der Waals surface area (Å²) in [5.74, 6) is 0.338. The number of unbranched alkanes of at least 4 members (excludes halogenated alkanes) is 2. The number of hydrogen-bond donors (Lipinski definition) is 0. The van der Waals surface area contributed by atoms with Gasteiger partial charge in [0, 0.05) is 35.1 Å². The molecule has 0 aliphatic heterocycles. The van der Waals surface area contributed by atoms with Gasteiger partial charge in [0.15, 0.2) is 0 Å². The first-order chi connectivity index (χ1) is 15.4. The third-order valence-electron chi connectivity index (χ3n) is 4.84. The van der Waals surface area contributed by atoms with Gasteiger partial charge in [-0.2, -0.15) is 0 Å². The first-order valence-corrected chi connectivity index (χ1v) is 10.5. The highest BCUT2D eigenvalue weighted by atomic mass is 16.5. The molecule has 7 nitrogen and oxygen atoms in total. The van der Waals surface area contributed by atoms with Gasteiger partial charge in [-0.3, -0.25) is 0 Å². The van der Waals surface area contributed by atoms with Crippen LogP contribution in [0.4, 0.5) is 0 Å². The first kappa shape index (κ1) is 23.1. The van der Waals surface area contributed by atoms with E-state index in [0.29, 0.717) is 48.5 Å².